The van der Waals surface area contributed by atoms with Crippen LogP contribution in [-0.4, -0.2) is 33.7 Å². The molecule has 0 aliphatic carbocycles. The Kier molecular flexibility index (Phi) is 4.20. The normalized spacial score (nSPS) is 14.3. The van der Waals surface area contributed by atoms with Gasteiger partial charge in [-0.3, -0.25) is 19.3 Å². The third-order valence-corrected chi connectivity index (χ3v) is 6.08. The minimum absolute atomic E-state index is 0.310. The van der Waals surface area contributed by atoms with E-state index in [2.05, 4.69) is 4.99 Å². The summed E-state index contributed by atoms with van der Waals surface area (Å²) in [6, 6.07) is 10.2. The fraction of sp³-hybridized carbons (Fsp3) is 0.158. The van der Waals surface area contributed by atoms with Gasteiger partial charge in [0.05, 0.1) is 26.4 Å². The SMILES string of the molecule is Cc1ccc(Cl)c2sc(=NC(=O)CN3C(=O)c4ccccc4C3=O)n(C)c12. The Morgan fingerprint density at radius 2 is 1.74 bits per heavy atom. The van der Waals surface area contributed by atoms with E-state index in [1.165, 1.54) is 11.3 Å². The van der Waals surface area contributed by atoms with E-state index in [-0.39, 0.29) is 0 Å². The zero-order chi connectivity index (χ0) is 19.3. The van der Waals surface area contributed by atoms with E-state index in [0.29, 0.717) is 21.0 Å². The van der Waals surface area contributed by atoms with Crippen molar-refractivity contribution in [2.24, 2.45) is 12.0 Å². The van der Waals surface area contributed by atoms with Crippen LogP contribution >= 0.6 is 22.9 Å². The number of imide groups is 1. The van der Waals surface area contributed by atoms with Crippen molar-refractivity contribution in [2.75, 3.05) is 6.54 Å². The first-order valence-corrected chi connectivity index (χ1v) is 9.35. The van der Waals surface area contributed by atoms with Gasteiger partial charge in [0.15, 0.2) is 4.80 Å². The number of halogens is 1. The van der Waals surface area contributed by atoms with Crippen molar-refractivity contribution >= 4 is 50.9 Å². The highest BCUT2D eigenvalue weighted by Crippen LogP contribution is 2.28. The first-order valence-electron chi connectivity index (χ1n) is 8.16. The Morgan fingerprint density at radius 3 is 2.33 bits per heavy atom. The minimum Gasteiger partial charge on any atom is -0.319 e. The monoisotopic (exact) mass is 399 g/mol. The smallest absolute Gasteiger partial charge is 0.268 e. The van der Waals surface area contributed by atoms with Crippen LogP contribution in [0.1, 0.15) is 26.3 Å². The van der Waals surface area contributed by atoms with Gasteiger partial charge in [-0.1, -0.05) is 41.1 Å². The highest BCUT2D eigenvalue weighted by atomic mass is 35.5. The molecule has 6 nitrogen and oxygen atoms in total. The quantitative estimate of drug-likeness (QED) is 0.622. The molecule has 8 heteroatoms. The Hall–Kier alpha value is -2.77. The number of amides is 3. The predicted octanol–water partition coefficient (Wildman–Crippen LogP) is 2.93. The van der Waals surface area contributed by atoms with E-state index < -0.39 is 24.3 Å². The van der Waals surface area contributed by atoms with Gasteiger partial charge in [0.2, 0.25) is 0 Å². The van der Waals surface area contributed by atoms with Crippen LogP contribution in [0, 0.1) is 6.92 Å². The first-order chi connectivity index (χ1) is 12.9. The number of aromatic nitrogens is 1. The number of aryl methyl sites for hydroxylation is 2. The summed E-state index contributed by atoms with van der Waals surface area (Å²) in [5, 5.41) is 0.588. The van der Waals surface area contributed by atoms with Crippen molar-refractivity contribution in [2.45, 2.75) is 6.92 Å². The van der Waals surface area contributed by atoms with Gasteiger partial charge in [-0.2, -0.15) is 4.99 Å². The van der Waals surface area contributed by atoms with E-state index in [4.69, 9.17) is 11.6 Å². The zero-order valence-electron chi connectivity index (χ0n) is 14.5. The zero-order valence-corrected chi connectivity index (χ0v) is 16.1. The molecule has 1 aliphatic heterocycles. The average molecular weight is 400 g/mol. The van der Waals surface area contributed by atoms with Crippen LogP contribution < -0.4 is 4.80 Å². The number of carbonyl (C=O) groups is 3. The standard InChI is InChI=1S/C19H14ClN3O3S/c1-10-7-8-13(20)16-15(10)22(2)19(27-16)21-14(24)9-23-17(25)11-5-3-4-6-12(11)18(23)26/h3-8H,9H2,1-2H3. The van der Waals surface area contributed by atoms with E-state index >= 15 is 0 Å². The summed E-state index contributed by atoms with van der Waals surface area (Å²) in [5.41, 5.74) is 2.54. The highest BCUT2D eigenvalue weighted by molar-refractivity contribution is 7.17. The number of carbonyl (C=O) groups excluding carboxylic acids is 3. The summed E-state index contributed by atoms with van der Waals surface area (Å²) in [6.45, 7) is 1.56. The van der Waals surface area contributed by atoms with Crippen LogP contribution in [0.25, 0.3) is 10.2 Å². The molecule has 0 unspecified atom stereocenters. The molecule has 27 heavy (non-hydrogen) atoms. The lowest BCUT2D eigenvalue weighted by atomic mass is 10.1. The summed E-state index contributed by atoms with van der Waals surface area (Å²) in [7, 11) is 1.80. The second kappa shape index (κ2) is 6.44. The average Bonchev–Trinajstić information content (AvgIpc) is 3.10. The summed E-state index contributed by atoms with van der Waals surface area (Å²) >= 11 is 7.55. The van der Waals surface area contributed by atoms with Crippen molar-refractivity contribution in [3.05, 3.63) is 62.9 Å². The van der Waals surface area contributed by atoms with Gasteiger partial charge in [0, 0.05) is 7.05 Å². The molecule has 0 radical (unpaired) electrons. The number of fused-ring (bicyclic) bond motifs is 2. The molecule has 0 bridgehead atoms. The van der Waals surface area contributed by atoms with Gasteiger partial charge >= 0.3 is 0 Å². The van der Waals surface area contributed by atoms with Crippen molar-refractivity contribution in [1.29, 1.82) is 0 Å². The lowest BCUT2D eigenvalue weighted by Crippen LogP contribution is -2.35. The number of rotatable bonds is 2. The summed E-state index contributed by atoms with van der Waals surface area (Å²) in [4.78, 5) is 42.7. The van der Waals surface area contributed by atoms with Gasteiger partial charge in [0.1, 0.15) is 6.54 Å². The maximum absolute atomic E-state index is 12.5. The van der Waals surface area contributed by atoms with Crippen LogP contribution in [0.15, 0.2) is 41.4 Å². The van der Waals surface area contributed by atoms with Crippen molar-refractivity contribution in [3.63, 3.8) is 0 Å². The predicted molar refractivity (Wildman–Crippen MR) is 103 cm³/mol. The van der Waals surface area contributed by atoms with Gasteiger partial charge in [0.25, 0.3) is 17.7 Å². The lowest BCUT2D eigenvalue weighted by Gasteiger charge is -2.10. The highest BCUT2D eigenvalue weighted by Gasteiger charge is 2.36. The Morgan fingerprint density at radius 1 is 1.11 bits per heavy atom. The topological polar surface area (TPSA) is 71.7 Å². The molecular weight excluding hydrogens is 386 g/mol. The summed E-state index contributed by atoms with van der Waals surface area (Å²) in [6.07, 6.45) is 0. The van der Waals surface area contributed by atoms with Crippen LogP contribution in [0.4, 0.5) is 0 Å². The third kappa shape index (κ3) is 2.79. The molecule has 2 aromatic carbocycles. The van der Waals surface area contributed by atoms with Crippen LogP contribution in [0.2, 0.25) is 5.02 Å². The van der Waals surface area contributed by atoms with Gasteiger partial charge in [-0.25, -0.2) is 0 Å². The number of thiazole rings is 1. The van der Waals surface area contributed by atoms with E-state index in [1.54, 1.807) is 41.9 Å². The van der Waals surface area contributed by atoms with Gasteiger partial charge in [-0.05, 0) is 30.7 Å². The summed E-state index contributed by atoms with van der Waals surface area (Å²) < 4.78 is 2.63. The van der Waals surface area contributed by atoms with Gasteiger partial charge in [-0.15, -0.1) is 0 Å². The number of benzene rings is 2. The Balaban J connectivity index is 1.68. The number of hydrogen-bond acceptors (Lipinski definition) is 4. The van der Waals surface area contributed by atoms with Crippen molar-refractivity contribution in [1.82, 2.24) is 9.47 Å². The molecule has 0 fully saturated rings. The van der Waals surface area contributed by atoms with Crippen LogP contribution in [0.5, 0.6) is 0 Å². The molecule has 1 aliphatic rings. The third-order valence-electron chi connectivity index (χ3n) is 4.49. The van der Waals surface area contributed by atoms with Crippen LogP contribution in [-0.2, 0) is 11.8 Å². The Labute approximate surface area is 163 Å². The molecule has 0 N–H and O–H groups in total. The molecule has 0 spiro atoms. The summed E-state index contributed by atoms with van der Waals surface area (Å²) in [5.74, 6) is -1.52. The van der Waals surface area contributed by atoms with E-state index in [0.717, 1.165) is 20.7 Å². The maximum Gasteiger partial charge on any atom is 0.268 e. The number of hydrogen-bond donors (Lipinski definition) is 0. The van der Waals surface area contributed by atoms with Crippen LogP contribution in [0.3, 0.4) is 0 Å². The van der Waals surface area contributed by atoms with Crippen molar-refractivity contribution in [3.8, 4) is 0 Å². The van der Waals surface area contributed by atoms with Gasteiger partial charge < -0.3 is 4.57 Å². The fourth-order valence-corrected chi connectivity index (χ4v) is 4.56. The molecule has 4 rings (SSSR count). The minimum atomic E-state index is -0.569. The second-order valence-electron chi connectivity index (χ2n) is 6.23. The lowest BCUT2D eigenvalue weighted by molar-refractivity contribution is -0.118. The molecule has 0 saturated heterocycles. The molecule has 3 aromatic rings. The number of nitrogens with zero attached hydrogens (tertiary/aromatic N) is 3. The van der Waals surface area contributed by atoms with Crippen molar-refractivity contribution < 1.29 is 14.4 Å². The first kappa shape index (κ1) is 17.6. The largest absolute Gasteiger partial charge is 0.319 e. The molecule has 1 aromatic heterocycles. The molecule has 0 saturated carbocycles. The maximum atomic E-state index is 12.5. The molecule has 2 heterocycles. The molecular formula is C19H14ClN3O3S. The Bertz CT molecular complexity index is 1170. The van der Waals surface area contributed by atoms with E-state index in [9.17, 15) is 14.4 Å². The van der Waals surface area contributed by atoms with E-state index in [1.807, 2.05) is 13.0 Å². The molecule has 3 amide bonds. The molecule has 0 atom stereocenters. The molecule has 136 valence electrons. The second-order valence-corrected chi connectivity index (χ2v) is 7.62. The fourth-order valence-electron chi connectivity index (χ4n) is 3.17.